The minimum Gasteiger partial charge on any atom is -0.253 e. The number of hydrogen-bond acceptors (Lipinski definition) is 3. The van der Waals surface area contributed by atoms with E-state index >= 15 is 0 Å². The normalized spacial score (nSPS) is 21.7. The lowest BCUT2D eigenvalue weighted by atomic mass is 10.1. The molecule has 0 radical (unpaired) electrons. The van der Waals surface area contributed by atoms with E-state index < -0.39 is 16.3 Å². The van der Waals surface area contributed by atoms with Gasteiger partial charge >= 0.3 is 0 Å². The smallest absolute Gasteiger partial charge is 0.253 e. The standard InChI is InChI=1S/C15H15NO3S/c1-11-7-9-13(10-8-11)20(17,18)16-15(19-16)14-6-4-3-5-12(14)2/h3-10,15H,1-2H3. The highest BCUT2D eigenvalue weighted by atomic mass is 32.2. The summed E-state index contributed by atoms with van der Waals surface area (Å²) in [5, 5.41) is 0. The van der Waals surface area contributed by atoms with Gasteiger partial charge in [0.15, 0.2) is 6.23 Å². The lowest BCUT2D eigenvalue weighted by Gasteiger charge is -2.04. The van der Waals surface area contributed by atoms with Crippen molar-refractivity contribution in [2.75, 3.05) is 0 Å². The third kappa shape index (κ3) is 2.24. The molecule has 1 aliphatic heterocycles. The second kappa shape index (κ2) is 4.70. The van der Waals surface area contributed by atoms with Crippen molar-refractivity contribution in [1.82, 2.24) is 4.47 Å². The molecule has 104 valence electrons. The number of aryl methyl sites for hydroxylation is 2. The molecule has 2 unspecified atom stereocenters. The molecule has 2 aromatic rings. The summed E-state index contributed by atoms with van der Waals surface area (Å²) in [5.41, 5.74) is 2.91. The van der Waals surface area contributed by atoms with E-state index in [0.717, 1.165) is 21.2 Å². The SMILES string of the molecule is Cc1ccc(S(=O)(=O)N2OC2c2ccccc2C)cc1. The lowest BCUT2D eigenvalue weighted by Crippen LogP contribution is -2.12. The molecule has 0 saturated carbocycles. The summed E-state index contributed by atoms with van der Waals surface area (Å²) >= 11 is 0. The molecular weight excluding hydrogens is 274 g/mol. The largest absolute Gasteiger partial charge is 0.267 e. The van der Waals surface area contributed by atoms with Gasteiger partial charge in [0.05, 0.1) is 4.90 Å². The van der Waals surface area contributed by atoms with Gasteiger partial charge in [-0.25, -0.2) is 8.42 Å². The van der Waals surface area contributed by atoms with Gasteiger partial charge < -0.3 is 0 Å². The first-order valence-corrected chi connectivity index (χ1v) is 7.77. The first-order valence-electron chi connectivity index (χ1n) is 6.33. The second-order valence-corrected chi connectivity index (χ2v) is 6.67. The van der Waals surface area contributed by atoms with E-state index in [-0.39, 0.29) is 4.90 Å². The average molecular weight is 289 g/mol. The van der Waals surface area contributed by atoms with Crippen molar-refractivity contribution >= 4 is 10.0 Å². The molecule has 0 aromatic heterocycles. The van der Waals surface area contributed by atoms with Crippen LogP contribution in [0.4, 0.5) is 0 Å². The summed E-state index contributed by atoms with van der Waals surface area (Å²) in [5.74, 6) is 0. The van der Waals surface area contributed by atoms with Gasteiger partial charge in [-0.3, -0.25) is 4.84 Å². The Labute approximate surface area is 118 Å². The van der Waals surface area contributed by atoms with E-state index in [4.69, 9.17) is 4.84 Å². The molecule has 0 N–H and O–H groups in total. The van der Waals surface area contributed by atoms with Crippen LogP contribution in [-0.4, -0.2) is 12.9 Å². The van der Waals surface area contributed by atoms with Crippen LogP contribution in [0.3, 0.4) is 0 Å². The summed E-state index contributed by atoms with van der Waals surface area (Å²) < 4.78 is 25.9. The monoisotopic (exact) mass is 289 g/mol. The highest BCUT2D eigenvalue weighted by molar-refractivity contribution is 7.89. The van der Waals surface area contributed by atoms with E-state index in [9.17, 15) is 8.42 Å². The van der Waals surface area contributed by atoms with Gasteiger partial charge in [0.25, 0.3) is 10.0 Å². The Kier molecular flexibility index (Phi) is 3.12. The Morgan fingerprint density at radius 2 is 1.65 bits per heavy atom. The van der Waals surface area contributed by atoms with Crippen LogP contribution in [-0.2, 0) is 14.9 Å². The van der Waals surface area contributed by atoms with Crippen molar-refractivity contribution in [2.24, 2.45) is 0 Å². The summed E-state index contributed by atoms with van der Waals surface area (Å²) in [4.78, 5) is 5.53. The van der Waals surface area contributed by atoms with Gasteiger partial charge in [0.2, 0.25) is 0 Å². The van der Waals surface area contributed by atoms with Crippen LogP contribution in [0.1, 0.15) is 22.9 Å². The molecule has 1 aliphatic rings. The molecule has 3 rings (SSSR count). The predicted octanol–water partition coefficient (Wildman–Crippen LogP) is 2.94. The van der Waals surface area contributed by atoms with Crippen LogP contribution in [0.15, 0.2) is 53.4 Å². The van der Waals surface area contributed by atoms with Crippen molar-refractivity contribution in [1.29, 1.82) is 0 Å². The first kappa shape index (κ1) is 13.3. The molecule has 0 aliphatic carbocycles. The first-order chi connectivity index (χ1) is 9.50. The third-order valence-corrected chi connectivity index (χ3v) is 4.98. The maximum absolute atomic E-state index is 12.4. The van der Waals surface area contributed by atoms with Crippen LogP contribution in [0.25, 0.3) is 0 Å². The minimum absolute atomic E-state index is 0.249. The Hall–Kier alpha value is -1.69. The van der Waals surface area contributed by atoms with Crippen LogP contribution in [0.5, 0.6) is 0 Å². The molecule has 2 aromatic carbocycles. The van der Waals surface area contributed by atoms with Crippen molar-refractivity contribution in [3.63, 3.8) is 0 Å². The molecule has 1 heterocycles. The molecule has 2 atom stereocenters. The molecule has 1 fully saturated rings. The second-order valence-electron chi connectivity index (χ2n) is 4.89. The van der Waals surface area contributed by atoms with Crippen LogP contribution >= 0.6 is 0 Å². The zero-order valence-electron chi connectivity index (χ0n) is 11.3. The molecule has 20 heavy (non-hydrogen) atoms. The van der Waals surface area contributed by atoms with Crippen molar-refractivity contribution < 1.29 is 13.3 Å². The number of hydrogen-bond donors (Lipinski definition) is 0. The summed E-state index contributed by atoms with van der Waals surface area (Å²) in [6, 6.07) is 14.4. The maximum Gasteiger partial charge on any atom is 0.267 e. The number of benzene rings is 2. The van der Waals surface area contributed by atoms with E-state index in [1.54, 1.807) is 24.3 Å². The molecule has 0 bridgehead atoms. The van der Waals surface area contributed by atoms with Crippen molar-refractivity contribution in [3.05, 3.63) is 65.2 Å². The van der Waals surface area contributed by atoms with Crippen LogP contribution in [0, 0.1) is 13.8 Å². The van der Waals surface area contributed by atoms with E-state index in [1.165, 1.54) is 0 Å². The molecular formula is C15H15NO3S. The average Bonchev–Trinajstić information content (AvgIpc) is 3.20. The fourth-order valence-electron chi connectivity index (χ4n) is 2.10. The van der Waals surface area contributed by atoms with Crippen LogP contribution in [0.2, 0.25) is 0 Å². The van der Waals surface area contributed by atoms with Gasteiger partial charge in [0, 0.05) is 5.56 Å². The zero-order valence-corrected chi connectivity index (χ0v) is 12.1. The highest BCUT2D eigenvalue weighted by Gasteiger charge is 2.49. The summed E-state index contributed by atoms with van der Waals surface area (Å²) in [6.45, 7) is 3.86. The minimum atomic E-state index is -3.59. The summed E-state index contributed by atoms with van der Waals surface area (Å²) in [7, 11) is -3.59. The highest BCUT2D eigenvalue weighted by Crippen LogP contribution is 2.43. The number of sulfonamides is 1. The Balaban J connectivity index is 1.89. The molecule has 0 spiro atoms. The topological polar surface area (TPSA) is 49.7 Å². The Morgan fingerprint density at radius 1 is 1.00 bits per heavy atom. The molecule has 5 heteroatoms. The molecule has 0 amide bonds. The van der Waals surface area contributed by atoms with E-state index in [1.807, 2.05) is 38.1 Å². The predicted molar refractivity (Wildman–Crippen MR) is 75.2 cm³/mol. The van der Waals surface area contributed by atoms with E-state index in [0.29, 0.717) is 0 Å². The van der Waals surface area contributed by atoms with Crippen molar-refractivity contribution in [2.45, 2.75) is 25.0 Å². The molecule has 1 saturated heterocycles. The van der Waals surface area contributed by atoms with Gasteiger partial charge in [0.1, 0.15) is 0 Å². The Morgan fingerprint density at radius 3 is 2.30 bits per heavy atom. The van der Waals surface area contributed by atoms with Gasteiger partial charge in [-0.1, -0.05) is 42.0 Å². The molecule has 4 nitrogen and oxygen atoms in total. The summed E-state index contributed by atoms with van der Waals surface area (Å²) in [6.07, 6.45) is -0.512. The number of rotatable bonds is 3. The lowest BCUT2D eigenvalue weighted by molar-refractivity contribution is 0.283. The number of hydroxylamine groups is 1. The van der Waals surface area contributed by atoms with Crippen molar-refractivity contribution in [3.8, 4) is 0 Å². The van der Waals surface area contributed by atoms with Gasteiger partial charge in [-0.15, -0.1) is 0 Å². The Bertz CT molecular complexity index is 738. The fourth-order valence-corrected chi connectivity index (χ4v) is 3.35. The number of nitrogens with zero attached hydrogens (tertiary/aromatic N) is 1. The quantitative estimate of drug-likeness (QED) is 0.816. The fraction of sp³-hybridized carbons (Fsp3) is 0.200. The zero-order chi connectivity index (χ0) is 14.3. The maximum atomic E-state index is 12.4. The van der Waals surface area contributed by atoms with Crippen LogP contribution < -0.4 is 0 Å². The van der Waals surface area contributed by atoms with Gasteiger partial charge in [-0.2, -0.15) is 0 Å². The van der Waals surface area contributed by atoms with Gasteiger partial charge in [-0.05, 0) is 36.0 Å². The third-order valence-electron chi connectivity index (χ3n) is 3.36. The van der Waals surface area contributed by atoms with E-state index in [2.05, 4.69) is 0 Å².